The number of thiophene rings is 1. The van der Waals surface area contributed by atoms with Crippen LogP contribution in [0.15, 0.2) is 11.4 Å². The highest BCUT2D eigenvalue weighted by molar-refractivity contribution is 7.10. The maximum Gasteiger partial charge on any atom is 0.0416 e. The summed E-state index contributed by atoms with van der Waals surface area (Å²) in [7, 11) is 0. The van der Waals surface area contributed by atoms with E-state index in [0.717, 1.165) is 5.92 Å². The number of piperidine rings is 1. The first-order chi connectivity index (χ1) is 9.22. The van der Waals surface area contributed by atoms with E-state index in [1.54, 1.807) is 4.88 Å². The van der Waals surface area contributed by atoms with E-state index in [2.05, 4.69) is 42.4 Å². The third-order valence-electron chi connectivity index (χ3n) is 4.23. The number of hydrogen-bond acceptors (Lipinski definition) is 3. The van der Waals surface area contributed by atoms with Crippen LogP contribution in [0.4, 0.5) is 0 Å². The Balaban J connectivity index is 2.00. The lowest BCUT2D eigenvalue weighted by atomic mass is 9.98. The lowest BCUT2D eigenvalue weighted by Crippen LogP contribution is -2.39. The number of nitrogens with one attached hydrogen (secondary N) is 1. The lowest BCUT2D eigenvalue weighted by molar-refractivity contribution is 0.164. The minimum Gasteiger partial charge on any atom is -0.316 e. The minimum absolute atomic E-state index is 0.571. The summed E-state index contributed by atoms with van der Waals surface area (Å²) in [4.78, 5) is 4.24. The fourth-order valence-corrected chi connectivity index (χ4v) is 4.14. The average molecular weight is 280 g/mol. The third kappa shape index (κ3) is 4.04. The van der Waals surface area contributed by atoms with Crippen molar-refractivity contribution in [2.24, 2.45) is 5.92 Å². The molecule has 2 rings (SSSR count). The Morgan fingerprint density at radius 1 is 1.53 bits per heavy atom. The molecule has 2 heterocycles. The van der Waals surface area contributed by atoms with Gasteiger partial charge in [-0.05, 0) is 75.7 Å². The summed E-state index contributed by atoms with van der Waals surface area (Å²) < 4.78 is 0. The smallest absolute Gasteiger partial charge is 0.0416 e. The number of nitrogens with zero attached hydrogens (tertiary/aromatic N) is 1. The first-order valence-corrected chi connectivity index (χ1v) is 8.59. The highest BCUT2D eigenvalue weighted by atomic mass is 32.1. The van der Waals surface area contributed by atoms with Crippen LogP contribution in [0.25, 0.3) is 0 Å². The van der Waals surface area contributed by atoms with Gasteiger partial charge < -0.3 is 5.32 Å². The van der Waals surface area contributed by atoms with Gasteiger partial charge >= 0.3 is 0 Å². The molecule has 1 aliphatic rings. The SMILES string of the molecule is CCCN(CC1CCCNC1)C(C)c1sccc1C. The molecule has 1 aromatic rings. The summed E-state index contributed by atoms with van der Waals surface area (Å²) in [5, 5.41) is 5.77. The van der Waals surface area contributed by atoms with Crippen molar-refractivity contribution in [3.05, 3.63) is 21.9 Å². The van der Waals surface area contributed by atoms with Crippen molar-refractivity contribution in [1.82, 2.24) is 10.2 Å². The summed E-state index contributed by atoms with van der Waals surface area (Å²) >= 11 is 1.92. The molecule has 108 valence electrons. The van der Waals surface area contributed by atoms with Gasteiger partial charge in [0.05, 0.1) is 0 Å². The highest BCUT2D eigenvalue weighted by Gasteiger charge is 2.22. The predicted octanol–water partition coefficient (Wildman–Crippen LogP) is 3.83. The van der Waals surface area contributed by atoms with E-state index in [9.17, 15) is 0 Å². The van der Waals surface area contributed by atoms with Gasteiger partial charge in [-0.1, -0.05) is 6.92 Å². The zero-order valence-electron chi connectivity index (χ0n) is 12.6. The van der Waals surface area contributed by atoms with Crippen LogP contribution in [-0.2, 0) is 0 Å². The van der Waals surface area contributed by atoms with Gasteiger partial charge in [-0.2, -0.15) is 0 Å². The van der Waals surface area contributed by atoms with Gasteiger partial charge in [0.15, 0.2) is 0 Å². The fraction of sp³-hybridized carbons (Fsp3) is 0.750. The van der Waals surface area contributed by atoms with Crippen LogP contribution in [0.3, 0.4) is 0 Å². The van der Waals surface area contributed by atoms with Crippen LogP contribution in [-0.4, -0.2) is 31.1 Å². The molecule has 2 atom stereocenters. The quantitative estimate of drug-likeness (QED) is 0.852. The largest absolute Gasteiger partial charge is 0.316 e. The Labute approximate surface area is 122 Å². The second-order valence-corrected chi connectivity index (χ2v) is 6.80. The summed E-state index contributed by atoms with van der Waals surface area (Å²) in [5.74, 6) is 0.836. The first kappa shape index (κ1) is 15.0. The standard InChI is InChI=1S/C16H28N2S/c1-4-9-18(12-15-6-5-8-17-11-15)14(3)16-13(2)7-10-19-16/h7,10,14-15,17H,4-6,8-9,11-12H2,1-3H3. The van der Waals surface area contributed by atoms with Gasteiger partial charge in [-0.15, -0.1) is 11.3 Å². The van der Waals surface area contributed by atoms with Crippen molar-refractivity contribution in [2.75, 3.05) is 26.2 Å². The normalized spacial score (nSPS) is 21.8. The van der Waals surface area contributed by atoms with Crippen molar-refractivity contribution >= 4 is 11.3 Å². The van der Waals surface area contributed by atoms with E-state index in [0.29, 0.717) is 6.04 Å². The third-order valence-corrected chi connectivity index (χ3v) is 5.42. The van der Waals surface area contributed by atoms with E-state index < -0.39 is 0 Å². The summed E-state index contributed by atoms with van der Waals surface area (Å²) in [6.07, 6.45) is 3.98. The van der Waals surface area contributed by atoms with Crippen molar-refractivity contribution < 1.29 is 0 Å². The van der Waals surface area contributed by atoms with Crippen LogP contribution in [0, 0.1) is 12.8 Å². The van der Waals surface area contributed by atoms with E-state index >= 15 is 0 Å². The Bertz CT molecular complexity index is 369. The maximum atomic E-state index is 3.54. The van der Waals surface area contributed by atoms with Crippen LogP contribution in [0.1, 0.15) is 49.6 Å². The summed E-state index contributed by atoms with van der Waals surface area (Å²) in [6.45, 7) is 11.8. The molecule has 0 aromatic carbocycles. The van der Waals surface area contributed by atoms with Crippen LogP contribution < -0.4 is 5.32 Å². The zero-order chi connectivity index (χ0) is 13.7. The van der Waals surface area contributed by atoms with Gasteiger partial charge in [0.2, 0.25) is 0 Å². The van der Waals surface area contributed by atoms with Crippen LogP contribution in [0.5, 0.6) is 0 Å². The van der Waals surface area contributed by atoms with Gasteiger partial charge in [0.1, 0.15) is 0 Å². The molecule has 2 unspecified atom stereocenters. The molecule has 0 bridgehead atoms. The Morgan fingerprint density at radius 3 is 2.95 bits per heavy atom. The van der Waals surface area contributed by atoms with Gasteiger partial charge in [-0.3, -0.25) is 4.90 Å². The van der Waals surface area contributed by atoms with E-state index in [-0.39, 0.29) is 0 Å². The molecule has 2 nitrogen and oxygen atoms in total. The number of rotatable bonds is 6. The summed E-state index contributed by atoms with van der Waals surface area (Å²) in [5.41, 5.74) is 1.46. The maximum absolute atomic E-state index is 3.54. The molecule has 19 heavy (non-hydrogen) atoms. The summed E-state index contributed by atoms with van der Waals surface area (Å²) in [6, 6.07) is 2.82. The van der Waals surface area contributed by atoms with Crippen molar-refractivity contribution in [3.8, 4) is 0 Å². The monoisotopic (exact) mass is 280 g/mol. The van der Waals surface area contributed by atoms with E-state index in [1.807, 2.05) is 11.3 Å². The second kappa shape index (κ2) is 7.41. The zero-order valence-corrected chi connectivity index (χ0v) is 13.4. The molecule has 1 aliphatic heterocycles. The van der Waals surface area contributed by atoms with E-state index in [4.69, 9.17) is 0 Å². The highest BCUT2D eigenvalue weighted by Crippen LogP contribution is 2.29. The lowest BCUT2D eigenvalue weighted by Gasteiger charge is -2.34. The van der Waals surface area contributed by atoms with E-state index in [1.165, 1.54) is 51.0 Å². The average Bonchev–Trinajstić information content (AvgIpc) is 2.85. The first-order valence-electron chi connectivity index (χ1n) is 7.71. The molecular formula is C16H28N2S. The second-order valence-electron chi connectivity index (χ2n) is 5.85. The van der Waals surface area contributed by atoms with Crippen LogP contribution >= 0.6 is 11.3 Å². The van der Waals surface area contributed by atoms with Crippen LogP contribution in [0.2, 0.25) is 0 Å². The molecule has 0 aliphatic carbocycles. The molecule has 1 N–H and O–H groups in total. The van der Waals surface area contributed by atoms with Gasteiger partial charge in [0, 0.05) is 17.5 Å². The van der Waals surface area contributed by atoms with Gasteiger partial charge in [-0.25, -0.2) is 0 Å². The molecule has 1 fully saturated rings. The molecule has 0 radical (unpaired) electrons. The molecule has 3 heteroatoms. The Morgan fingerprint density at radius 2 is 2.37 bits per heavy atom. The molecule has 1 aromatic heterocycles. The molecule has 1 saturated heterocycles. The molecule has 0 amide bonds. The number of hydrogen-bond donors (Lipinski definition) is 1. The molecular weight excluding hydrogens is 252 g/mol. The topological polar surface area (TPSA) is 15.3 Å². The van der Waals surface area contributed by atoms with Crippen molar-refractivity contribution in [2.45, 2.75) is 46.1 Å². The van der Waals surface area contributed by atoms with Crippen molar-refractivity contribution in [3.63, 3.8) is 0 Å². The fourth-order valence-electron chi connectivity index (χ4n) is 3.12. The van der Waals surface area contributed by atoms with Crippen molar-refractivity contribution in [1.29, 1.82) is 0 Å². The Hall–Kier alpha value is -0.380. The molecule has 0 spiro atoms. The molecule has 0 saturated carbocycles. The Kier molecular flexibility index (Phi) is 5.86. The predicted molar refractivity (Wildman–Crippen MR) is 84.9 cm³/mol. The number of aryl methyl sites for hydroxylation is 1. The van der Waals surface area contributed by atoms with Gasteiger partial charge in [0.25, 0.3) is 0 Å². The minimum atomic E-state index is 0.571.